The van der Waals surface area contributed by atoms with Gasteiger partial charge in [0.1, 0.15) is 5.03 Å². The molecule has 0 bridgehead atoms. The Labute approximate surface area is 128 Å². The number of rotatable bonds is 3. The zero-order valence-electron chi connectivity index (χ0n) is 11.5. The van der Waals surface area contributed by atoms with Crippen molar-refractivity contribution in [2.45, 2.75) is 17.5 Å². The van der Waals surface area contributed by atoms with E-state index in [1.807, 2.05) is 0 Å². The molecule has 120 valence electrons. The molecule has 2 atom stereocenters. The van der Waals surface area contributed by atoms with Crippen LogP contribution in [0.15, 0.2) is 23.4 Å². The molecular formula is C13H13F3N2O3S. The van der Waals surface area contributed by atoms with Crippen molar-refractivity contribution in [3.63, 3.8) is 0 Å². The molecule has 2 heterocycles. The van der Waals surface area contributed by atoms with Crippen LogP contribution in [0, 0.1) is 11.8 Å². The summed E-state index contributed by atoms with van der Waals surface area (Å²) in [4.78, 5) is 28.3. The maximum atomic E-state index is 12.5. The zero-order chi connectivity index (χ0) is 16.5. The normalized spacial score (nSPS) is 21.9. The molecule has 1 aliphatic heterocycles. The minimum atomic E-state index is -4.55. The molecule has 2 rings (SSSR count). The average molecular weight is 334 g/mol. The van der Waals surface area contributed by atoms with Crippen molar-refractivity contribution < 1.29 is 27.9 Å². The van der Waals surface area contributed by atoms with Gasteiger partial charge in [-0.25, -0.2) is 4.98 Å². The van der Waals surface area contributed by atoms with E-state index in [1.165, 1.54) is 23.2 Å². The fourth-order valence-electron chi connectivity index (χ4n) is 2.37. The minimum Gasteiger partial charge on any atom is -0.481 e. The van der Waals surface area contributed by atoms with Crippen molar-refractivity contribution in [3.8, 4) is 0 Å². The number of pyridine rings is 1. The summed E-state index contributed by atoms with van der Waals surface area (Å²) in [5, 5.41) is 8.63. The maximum Gasteiger partial charge on any atom is 0.447 e. The fourth-order valence-corrected chi connectivity index (χ4v) is 2.97. The molecule has 0 radical (unpaired) electrons. The van der Waals surface area contributed by atoms with Crippen LogP contribution >= 0.6 is 11.8 Å². The molecule has 0 aliphatic carbocycles. The minimum absolute atomic E-state index is 0.0135. The Morgan fingerprint density at radius 1 is 1.41 bits per heavy atom. The van der Waals surface area contributed by atoms with Gasteiger partial charge in [0, 0.05) is 31.0 Å². The summed E-state index contributed by atoms with van der Waals surface area (Å²) >= 11 is -0.453. The monoisotopic (exact) mass is 334 g/mol. The third-order valence-corrected chi connectivity index (χ3v) is 4.18. The van der Waals surface area contributed by atoms with E-state index in [0.717, 1.165) is 0 Å². The number of carbonyl (C=O) groups excluding carboxylic acids is 1. The molecule has 9 heteroatoms. The Morgan fingerprint density at radius 2 is 2.09 bits per heavy atom. The molecule has 1 N–H and O–H groups in total. The van der Waals surface area contributed by atoms with Gasteiger partial charge in [0.15, 0.2) is 0 Å². The van der Waals surface area contributed by atoms with Crippen LogP contribution < -0.4 is 0 Å². The zero-order valence-corrected chi connectivity index (χ0v) is 12.3. The highest BCUT2D eigenvalue weighted by Gasteiger charge is 2.39. The van der Waals surface area contributed by atoms with Crippen molar-refractivity contribution in [2.24, 2.45) is 11.8 Å². The predicted octanol–water partition coefficient (Wildman–Crippen LogP) is 2.49. The van der Waals surface area contributed by atoms with E-state index < -0.39 is 40.1 Å². The molecule has 5 nitrogen and oxygen atoms in total. The smallest absolute Gasteiger partial charge is 0.447 e. The molecule has 0 spiro atoms. The number of carboxylic acids is 1. The average Bonchev–Trinajstić information content (AvgIpc) is 2.79. The van der Waals surface area contributed by atoms with E-state index in [1.54, 1.807) is 6.92 Å². The highest BCUT2D eigenvalue weighted by molar-refractivity contribution is 8.00. The Hall–Kier alpha value is -1.77. The summed E-state index contributed by atoms with van der Waals surface area (Å²) in [5.74, 6) is -2.61. The first kappa shape index (κ1) is 16.6. The molecule has 1 aromatic rings. The summed E-state index contributed by atoms with van der Waals surface area (Å²) in [5.41, 5.74) is -4.71. The van der Waals surface area contributed by atoms with Crippen molar-refractivity contribution in [3.05, 3.63) is 23.9 Å². The van der Waals surface area contributed by atoms with Crippen molar-refractivity contribution in [1.29, 1.82) is 0 Å². The number of halogens is 3. The predicted molar refractivity (Wildman–Crippen MR) is 72.3 cm³/mol. The number of carbonyl (C=O) groups is 2. The van der Waals surface area contributed by atoms with E-state index in [9.17, 15) is 22.8 Å². The van der Waals surface area contributed by atoms with E-state index in [0.29, 0.717) is 0 Å². The number of carboxylic acid groups (broad SMARTS) is 1. The molecule has 1 fully saturated rings. The molecule has 1 amide bonds. The highest BCUT2D eigenvalue weighted by Crippen LogP contribution is 2.38. The lowest BCUT2D eigenvalue weighted by atomic mass is 9.99. The molecule has 0 aromatic carbocycles. The van der Waals surface area contributed by atoms with Crippen LogP contribution in [-0.4, -0.2) is 45.5 Å². The van der Waals surface area contributed by atoms with Crippen LogP contribution in [0.1, 0.15) is 17.3 Å². The van der Waals surface area contributed by atoms with Gasteiger partial charge in [-0.3, -0.25) is 9.59 Å². The van der Waals surface area contributed by atoms with Crippen LogP contribution in [-0.2, 0) is 4.79 Å². The SMILES string of the molecule is C[C@@H]1CN(C(=O)c2cccnc2SC(F)(F)F)C[C@H]1C(=O)O. The number of aliphatic carboxylic acids is 1. The second-order valence-corrected chi connectivity index (χ2v) is 6.09. The number of likely N-dealkylation sites (tertiary alicyclic amines) is 1. The molecule has 0 saturated carbocycles. The second kappa shape index (κ2) is 6.15. The summed E-state index contributed by atoms with van der Waals surface area (Å²) in [6.07, 6.45) is 1.18. The largest absolute Gasteiger partial charge is 0.481 e. The standard InChI is InChI=1S/C13H13F3N2O3S/c1-7-5-18(6-9(7)12(20)21)11(19)8-3-2-4-17-10(8)22-13(14,15)16/h2-4,7,9H,5-6H2,1H3,(H,20,21)/t7-,9-/m1/s1. The number of aromatic nitrogens is 1. The number of amides is 1. The highest BCUT2D eigenvalue weighted by atomic mass is 32.2. The van der Waals surface area contributed by atoms with Crippen LogP contribution in [0.25, 0.3) is 0 Å². The second-order valence-electron chi connectivity index (χ2n) is 5.04. The summed E-state index contributed by atoms with van der Waals surface area (Å²) in [6.45, 7) is 1.88. The van der Waals surface area contributed by atoms with Crippen molar-refractivity contribution >= 4 is 23.6 Å². The number of nitrogens with zero attached hydrogens (tertiary/aromatic N) is 2. The first-order valence-corrected chi connectivity index (χ1v) is 7.23. The first-order valence-electron chi connectivity index (χ1n) is 6.42. The van der Waals surface area contributed by atoms with E-state index >= 15 is 0 Å². The van der Waals surface area contributed by atoms with Gasteiger partial charge in [0.25, 0.3) is 5.91 Å². The third-order valence-electron chi connectivity index (χ3n) is 3.43. The molecule has 1 aliphatic rings. The van der Waals surface area contributed by atoms with Gasteiger partial charge < -0.3 is 10.0 Å². The van der Waals surface area contributed by atoms with E-state index in [4.69, 9.17) is 5.11 Å². The topological polar surface area (TPSA) is 70.5 Å². The van der Waals surface area contributed by atoms with Crippen LogP contribution in [0.4, 0.5) is 13.2 Å². The number of hydrogen-bond acceptors (Lipinski definition) is 4. The Balaban J connectivity index is 2.22. The van der Waals surface area contributed by atoms with Gasteiger partial charge >= 0.3 is 11.5 Å². The molecular weight excluding hydrogens is 321 g/mol. The molecule has 1 aromatic heterocycles. The third kappa shape index (κ3) is 3.70. The fraction of sp³-hybridized carbons (Fsp3) is 0.462. The van der Waals surface area contributed by atoms with Crippen LogP contribution in [0.3, 0.4) is 0 Å². The lowest BCUT2D eigenvalue weighted by Crippen LogP contribution is -2.30. The van der Waals surface area contributed by atoms with Gasteiger partial charge in [-0.15, -0.1) is 0 Å². The Kier molecular flexibility index (Phi) is 4.64. The van der Waals surface area contributed by atoms with Crippen LogP contribution in [0.5, 0.6) is 0 Å². The molecule has 1 saturated heterocycles. The van der Waals surface area contributed by atoms with Crippen molar-refractivity contribution in [2.75, 3.05) is 13.1 Å². The van der Waals surface area contributed by atoms with Gasteiger partial charge in [0.2, 0.25) is 0 Å². The Morgan fingerprint density at radius 3 is 2.64 bits per heavy atom. The molecule has 0 unspecified atom stereocenters. The first-order chi connectivity index (χ1) is 10.2. The van der Waals surface area contributed by atoms with Gasteiger partial charge in [-0.05, 0) is 18.1 Å². The lowest BCUT2D eigenvalue weighted by Gasteiger charge is -2.17. The summed E-state index contributed by atoms with van der Waals surface area (Å²) in [6, 6.07) is 2.64. The summed E-state index contributed by atoms with van der Waals surface area (Å²) < 4.78 is 37.5. The van der Waals surface area contributed by atoms with Crippen LogP contribution in [0.2, 0.25) is 0 Å². The quantitative estimate of drug-likeness (QED) is 0.860. The van der Waals surface area contributed by atoms with Gasteiger partial charge in [0.05, 0.1) is 11.5 Å². The van der Waals surface area contributed by atoms with E-state index in [2.05, 4.69) is 4.98 Å². The number of alkyl halides is 3. The molecule has 22 heavy (non-hydrogen) atoms. The maximum absolute atomic E-state index is 12.5. The number of hydrogen-bond donors (Lipinski definition) is 1. The summed E-state index contributed by atoms with van der Waals surface area (Å²) in [7, 11) is 0. The lowest BCUT2D eigenvalue weighted by molar-refractivity contribution is -0.142. The van der Waals surface area contributed by atoms with Gasteiger partial charge in [-0.2, -0.15) is 13.2 Å². The van der Waals surface area contributed by atoms with Gasteiger partial charge in [-0.1, -0.05) is 6.92 Å². The number of thioether (sulfide) groups is 1. The van der Waals surface area contributed by atoms with E-state index in [-0.39, 0.29) is 24.6 Å². The van der Waals surface area contributed by atoms with Crippen molar-refractivity contribution in [1.82, 2.24) is 9.88 Å². The Bertz CT molecular complexity index is 594.